The number of benzene rings is 1. The lowest BCUT2D eigenvalue weighted by Crippen LogP contribution is -2.34. The minimum Gasteiger partial charge on any atom is -0.423 e. The molecule has 0 fully saturated rings. The van der Waals surface area contributed by atoms with Crippen LogP contribution in [0.1, 0.15) is 0 Å². The molecule has 0 aliphatic rings. The largest absolute Gasteiger partial charge is 0.488 e. The van der Waals surface area contributed by atoms with Gasteiger partial charge >= 0.3 is 14.2 Å². The summed E-state index contributed by atoms with van der Waals surface area (Å²) in [5, 5.41) is 34.7. The van der Waals surface area contributed by atoms with Gasteiger partial charge in [-0.15, -0.1) is 0 Å². The molecule has 0 saturated carbocycles. The monoisotopic (exact) mass is 184 g/mol. The molecule has 0 unspecified atom stereocenters. The first kappa shape index (κ1) is 12.1. The van der Waals surface area contributed by atoms with E-state index in [0.29, 0.717) is 10.9 Å². The third-order valence-corrected chi connectivity index (χ3v) is 1.53. The molecule has 5 nitrogen and oxygen atoms in total. The van der Waals surface area contributed by atoms with Crippen molar-refractivity contribution in [2.75, 3.05) is 0 Å². The molecule has 0 radical (unpaired) electrons. The molecule has 70 valence electrons. The van der Waals surface area contributed by atoms with Crippen molar-refractivity contribution in [3.63, 3.8) is 0 Å². The van der Waals surface area contributed by atoms with Gasteiger partial charge in [0.05, 0.1) is 0 Å². The zero-order valence-corrected chi connectivity index (χ0v) is 6.75. The maximum absolute atomic E-state index is 8.68. The van der Waals surface area contributed by atoms with Crippen LogP contribution in [0.15, 0.2) is 24.3 Å². The van der Waals surface area contributed by atoms with Crippen molar-refractivity contribution in [3.8, 4) is 0 Å². The maximum atomic E-state index is 8.68. The molecule has 0 bridgehead atoms. The summed E-state index contributed by atoms with van der Waals surface area (Å²) in [5.41, 5.74) is 0.638. The zero-order chi connectivity index (χ0) is 9.14. The number of rotatable bonds is 2. The second kappa shape index (κ2) is 5.00. The first-order valence-electron chi connectivity index (χ1n) is 3.43. The minimum atomic E-state index is -1.52. The van der Waals surface area contributed by atoms with Crippen LogP contribution in [0.4, 0.5) is 0 Å². The Morgan fingerprint density at radius 2 is 0.923 bits per heavy atom. The van der Waals surface area contributed by atoms with Gasteiger partial charge in [0.1, 0.15) is 0 Å². The van der Waals surface area contributed by atoms with Gasteiger partial charge in [0.25, 0.3) is 0 Å². The summed E-state index contributed by atoms with van der Waals surface area (Å²) >= 11 is 0. The Balaban J connectivity index is 0.00000144. The van der Waals surface area contributed by atoms with Gasteiger partial charge in [-0.2, -0.15) is 0 Å². The van der Waals surface area contributed by atoms with Crippen LogP contribution in [0, 0.1) is 0 Å². The molecule has 0 spiro atoms. The van der Waals surface area contributed by atoms with E-state index in [4.69, 9.17) is 20.1 Å². The second-order valence-electron chi connectivity index (χ2n) is 2.41. The first-order chi connectivity index (χ1) is 5.61. The van der Waals surface area contributed by atoms with Gasteiger partial charge in [-0.25, -0.2) is 0 Å². The fourth-order valence-corrected chi connectivity index (χ4v) is 0.840. The SMILES string of the molecule is O.OB(O)c1ccc(B(O)O)cc1. The summed E-state index contributed by atoms with van der Waals surface area (Å²) in [5.74, 6) is 0. The quantitative estimate of drug-likeness (QED) is 0.353. The van der Waals surface area contributed by atoms with Crippen molar-refractivity contribution in [3.05, 3.63) is 24.3 Å². The Kier molecular flexibility index (Phi) is 4.68. The summed E-state index contributed by atoms with van der Waals surface area (Å²) in [6.45, 7) is 0. The van der Waals surface area contributed by atoms with Gasteiger partial charge in [-0.05, 0) is 10.9 Å². The topological polar surface area (TPSA) is 112 Å². The highest BCUT2D eigenvalue weighted by molar-refractivity contribution is 6.60. The first-order valence-corrected chi connectivity index (χ1v) is 3.43. The third-order valence-electron chi connectivity index (χ3n) is 1.53. The average molecular weight is 184 g/mol. The summed E-state index contributed by atoms with van der Waals surface area (Å²) < 4.78 is 0. The van der Waals surface area contributed by atoms with E-state index in [1.165, 1.54) is 24.3 Å². The van der Waals surface area contributed by atoms with Crippen LogP contribution in [0.3, 0.4) is 0 Å². The van der Waals surface area contributed by atoms with Crippen molar-refractivity contribution in [1.82, 2.24) is 0 Å². The highest BCUT2D eigenvalue weighted by Crippen LogP contribution is 1.83. The molecule has 6 N–H and O–H groups in total. The molecule has 1 rings (SSSR count). The molecule has 0 amide bonds. The molecule has 0 atom stereocenters. The Morgan fingerprint density at radius 1 is 0.692 bits per heavy atom. The van der Waals surface area contributed by atoms with Gasteiger partial charge in [0.2, 0.25) is 0 Å². The summed E-state index contributed by atoms with van der Waals surface area (Å²) in [6, 6.07) is 5.66. The summed E-state index contributed by atoms with van der Waals surface area (Å²) in [6.07, 6.45) is 0. The zero-order valence-electron chi connectivity index (χ0n) is 6.75. The fraction of sp³-hybridized carbons (Fsp3) is 0. The molecule has 0 aromatic heterocycles. The van der Waals surface area contributed by atoms with Crippen LogP contribution in [0.2, 0.25) is 0 Å². The van der Waals surface area contributed by atoms with Crippen LogP contribution in [-0.2, 0) is 0 Å². The van der Waals surface area contributed by atoms with Crippen molar-refractivity contribution < 1.29 is 25.6 Å². The van der Waals surface area contributed by atoms with E-state index in [1.807, 2.05) is 0 Å². The van der Waals surface area contributed by atoms with Crippen LogP contribution >= 0.6 is 0 Å². The van der Waals surface area contributed by atoms with Gasteiger partial charge in [-0.1, -0.05) is 24.3 Å². The predicted molar refractivity (Wildman–Crippen MR) is 49.7 cm³/mol. The van der Waals surface area contributed by atoms with Crippen LogP contribution < -0.4 is 10.9 Å². The van der Waals surface area contributed by atoms with Crippen molar-refractivity contribution >= 4 is 25.2 Å². The van der Waals surface area contributed by atoms with E-state index in [9.17, 15) is 0 Å². The smallest absolute Gasteiger partial charge is 0.423 e. The molecular formula is C6H10B2O5. The molecule has 0 heterocycles. The Labute approximate surface area is 75.9 Å². The molecule has 13 heavy (non-hydrogen) atoms. The number of hydrogen-bond acceptors (Lipinski definition) is 4. The molecule has 1 aromatic carbocycles. The van der Waals surface area contributed by atoms with Crippen LogP contribution in [-0.4, -0.2) is 39.8 Å². The van der Waals surface area contributed by atoms with E-state index in [1.54, 1.807) is 0 Å². The number of hydrogen-bond donors (Lipinski definition) is 4. The highest BCUT2D eigenvalue weighted by atomic mass is 16.4. The molecule has 0 aliphatic heterocycles. The fourth-order valence-electron chi connectivity index (χ4n) is 0.840. The standard InChI is InChI=1S/C6H8B2O4.H2O/c9-7(10)5-1-2-6(4-3-5)8(11)12;/h1-4,9-12H;1H2. The molecule has 0 saturated heterocycles. The lowest BCUT2D eigenvalue weighted by atomic mass is 9.75. The summed E-state index contributed by atoms with van der Waals surface area (Å²) in [7, 11) is -3.04. The van der Waals surface area contributed by atoms with E-state index in [-0.39, 0.29) is 5.48 Å². The molecular weight excluding hydrogens is 174 g/mol. The van der Waals surface area contributed by atoms with Crippen molar-refractivity contribution in [2.45, 2.75) is 0 Å². The highest BCUT2D eigenvalue weighted by Gasteiger charge is 2.13. The molecule has 7 heteroatoms. The van der Waals surface area contributed by atoms with E-state index in [0.717, 1.165) is 0 Å². The van der Waals surface area contributed by atoms with E-state index < -0.39 is 14.2 Å². The average Bonchev–Trinajstić information content (AvgIpc) is 2.04. The van der Waals surface area contributed by atoms with Gasteiger partial charge in [0, 0.05) is 0 Å². The maximum Gasteiger partial charge on any atom is 0.488 e. The van der Waals surface area contributed by atoms with Gasteiger partial charge < -0.3 is 25.6 Å². The lowest BCUT2D eigenvalue weighted by Gasteiger charge is -2.01. The van der Waals surface area contributed by atoms with Gasteiger partial charge in [0.15, 0.2) is 0 Å². The van der Waals surface area contributed by atoms with Crippen LogP contribution in [0.25, 0.3) is 0 Å². The van der Waals surface area contributed by atoms with E-state index in [2.05, 4.69) is 0 Å². The minimum absolute atomic E-state index is 0. The summed E-state index contributed by atoms with van der Waals surface area (Å²) in [4.78, 5) is 0. The van der Waals surface area contributed by atoms with Crippen molar-refractivity contribution in [1.29, 1.82) is 0 Å². The Hall–Kier alpha value is -0.850. The van der Waals surface area contributed by atoms with E-state index >= 15 is 0 Å². The molecule has 1 aromatic rings. The van der Waals surface area contributed by atoms with Crippen LogP contribution in [0.5, 0.6) is 0 Å². The third kappa shape index (κ3) is 3.17. The van der Waals surface area contributed by atoms with Crippen molar-refractivity contribution in [2.24, 2.45) is 0 Å². The lowest BCUT2D eigenvalue weighted by molar-refractivity contribution is 0.423. The predicted octanol–water partition coefficient (Wildman–Crippen LogP) is -3.78. The van der Waals surface area contributed by atoms with Gasteiger partial charge in [-0.3, -0.25) is 0 Å². The second-order valence-corrected chi connectivity index (χ2v) is 2.41. The normalized spacial score (nSPS) is 8.92. The molecule has 0 aliphatic carbocycles. The Morgan fingerprint density at radius 3 is 1.08 bits per heavy atom. The Bertz CT molecular complexity index is 221.